The fraction of sp³-hybridized carbons (Fsp3) is 0.947. The highest BCUT2D eigenvalue weighted by atomic mass is 16.5. The van der Waals surface area contributed by atoms with Crippen molar-refractivity contribution in [2.24, 2.45) is 76.9 Å². The number of hydrogen-bond acceptors (Lipinski definition) is 16. The van der Waals surface area contributed by atoms with E-state index in [9.17, 15) is 24.0 Å². The molecule has 0 radical (unpaired) electrons. The summed E-state index contributed by atoms with van der Waals surface area (Å²) in [6.45, 7) is 66.3. The van der Waals surface area contributed by atoms with Crippen molar-refractivity contribution in [2.45, 2.75) is 452 Å². The summed E-state index contributed by atoms with van der Waals surface area (Å²) in [7, 11) is 7.78. The van der Waals surface area contributed by atoms with Crippen LogP contribution in [-0.4, -0.2) is 177 Å². The Balaban J connectivity index is 0.000000210. The molecule has 0 spiro atoms. The van der Waals surface area contributed by atoms with E-state index >= 15 is 0 Å². The molecule has 6 saturated heterocycles. The van der Waals surface area contributed by atoms with Gasteiger partial charge in [0.1, 0.15) is 6.10 Å². The molecule has 0 aromatic rings. The summed E-state index contributed by atoms with van der Waals surface area (Å²) in [5.41, 5.74) is 0.131. The fourth-order valence-corrected chi connectivity index (χ4v) is 22.0. The van der Waals surface area contributed by atoms with E-state index in [-0.39, 0.29) is 132 Å². The van der Waals surface area contributed by atoms with Crippen molar-refractivity contribution in [1.82, 2.24) is 36.0 Å². The Morgan fingerprint density at radius 3 is 0.964 bits per heavy atom. The topological polar surface area (TPSA) is 189 Å². The maximum atomic E-state index is 12.6. The molecule has 1 amide bonds. The molecule has 0 aromatic heterocycles. The predicted octanol–water partition coefficient (Wildman–Crippen LogP) is 19.3. The molecule has 17 nitrogen and oxygen atoms in total. The van der Waals surface area contributed by atoms with E-state index in [0.29, 0.717) is 43.1 Å². The second-order valence-corrected chi connectivity index (χ2v) is 46.0. The van der Waals surface area contributed by atoms with E-state index in [1.54, 1.807) is 0 Å². The van der Waals surface area contributed by atoms with Crippen molar-refractivity contribution >= 4 is 29.8 Å². The molecule has 5 saturated carbocycles. The Morgan fingerprint density at radius 2 is 0.643 bits per heavy atom. The molecule has 11 fully saturated rings. The van der Waals surface area contributed by atoms with Gasteiger partial charge in [0.05, 0.1) is 62.6 Å². The summed E-state index contributed by atoms with van der Waals surface area (Å²) in [5, 5.41) is 14.2. The van der Waals surface area contributed by atoms with Crippen LogP contribution in [0.2, 0.25) is 0 Å². The van der Waals surface area contributed by atoms with Crippen molar-refractivity contribution < 1.29 is 47.7 Å². The highest BCUT2D eigenvalue weighted by molar-refractivity contribution is 5.81. The minimum Gasteiger partial charge on any atom is -0.469 e. The molecule has 0 aromatic carbocycles. The maximum Gasteiger partial charge on any atom is 0.311 e. The Labute approximate surface area is 687 Å². The van der Waals surface area contributed by atoms with Gasteiger partial charge in [0, 0.05) is 78.4 Å². The van der Waals surface area contributed by atoms with Crippen LogP contribution in [0.4, 0.5) is 0 Å². The van der Waals surface area contributed by atoms with Gasteiger partial charge in [-0.25, -0.2) is 0 Å². The second-order valence-electron chi connectivity index (χ2n) is 46.0. The molecular weight excluding hydrogens is 1400 g/mol. The largest absolute Gasteiger partial charge is 0.469 e. The predicted molar refractivity (Wildman–Crippen MR) is 461 cm³/mol. The van der Waals surface area contributed by atoms with E-state index in [1.807, 2.05) is 0 Å². The van der Waals surface area contributed by atoms with Crippen LogP contribution < -0.4 is 21.3 Å². The third kappa shape index (κ3) is 26.8. The summed E-state index contributed by atoms with van der Waals surface area (Å²) in [4.78, 5) is 68.6. The van der Waals surface area contributed by atoms with Gasteiger partial charge in [-0.15, -0.1) is 0 Å². The lowest BCUT2D eigenvalue weighted by atomic mass is 9.83. The molecular formula is C95H177N7O10. The second kappa shape index (κ2) is 38.6. The maximum absolute atomic E-state index is 12.6. The third-order valence-corrected chi connectivity index (χ3v) is 30.9. The van der Waals surface area contributed by atoms with E-state index in [4.69, 9.17) is 23.7 Å². The number of esters is 4. The lowest BCUT2D eigenvalue weighted by Crippen LogP contribution is -2.50. The molecule has 11 rings (SSSR count). The van der Waals surface area contributed by atoms with Crippen LogP contribution in [0.25, 0.3) is 0 Å². The number of likely N-dealkylation sites (tertiary alicyclic amines) is 3. The molecule has 112 heavy (non-hydrogen) atoms. The van der Waals surface area contributed by atoms with Gasteiger partial charge in [0.2, 0.25) is 5.91 Å². The van der Waals surface area contributed by atoms with Gasteiger partial charge in [0.25, 0.3) is 0 Å². The van der Waals surface area contributed by atoms with Crippen molar-refractivity contribution in [3.63, 3.8) is 0 Å². The van der Waals surface area contributed by atoms with Gasteiger partial charge in [-0.05, 0) is 370 Å². The molecule has 6 aliphatic heterocycles. The Kier molecular flexibility index (Phi) is 33.8. The highest BCUT2D eigenvalue weighted by Gasteiger charge is 2.57. The van der Waals surface area contributed by atoms with Crippen molar-refractivity contribution in [2.75, 3.05) is 48.1 Å². The van der Waals surface area contributed by atoms with Crippen molar-refractivity contribution in [1.29, 1.82) is 0 Å². The number of hydrogen-bond donors (Lipinski definition) is 4. The van der Waals surface area contributed by atoms with Crippen LogP contribution in [-0.2, 0) is 47.7 Å². The minimum absolute atomic E-state index is 0.00769. The van der Waals surface area contributed by atoms with Crippen molar-refractivity contribution in [3.8, 4) is 0 Å². The molecule has 6 unspecified atom stereocenters. The fourth-order valence-electron chi connectivity index (χ4n) is 22.0. The molecule has 0 bridgehead atoms. The zero-order valence-electron chi connectivity index (χ0n) is 78.7. The number of amides is 1. The summed E-state index contributed by atoms with van der Waals surface area (Å²) in [6.07, 6.45) is 30.8. The monoisotopic (exact) mass is 1580 g/mol. The van der Waals surface area contributed by atoms with Crippen LogP contribution in [0.15, 0.2) is 0 Å². The van der Waals surface area contributed by atoms with Gasteiger partial charge < -0.3 is 45.0 Å². The number of nitrogens with zero attached hydrogens (tertiary/aromatic N) is 3. The number of ether oxygens (including phenoxy) is 5. The van der Waals surface area contributed by atoms with Crippen LogP contribution >= 0.6 is 0 Å². The van der Waals surface area contributed by atoms with E-state index in [0.717, 1.165) is 94.0 Å². The molecule has 5 aliphatic carbocycles. The Bertz CT molecular complexity index is 2980. The van der Waals surface area contributed by atoms with E-state index in [1.165, 1.54) is 116 Å². The average Bonchev–Trinajstić information content (AvgIpc) is 1.63. The quantitative estimate of drug-likeness (QED) is 0.0948. The van der Waals surface area contributed by atoms with Crippen LogP contribution in [0, 0.1) is 76.9 Å². The number of carbonyl (C=O) groups excluding carboxylic acids is 5. The summed E-state index contributed by atoms with van der Waals surface area (Å²) >= 11 is 0. The first-order chi connectivity index (χ1) is 51.2. The molecule has 4 N–H and O–H groups in total. The molecule has 6 heterocycles. The van der Waals surface area contributed by atoms with Crippen LogP contribution in [0.1, 0.15) is 368 Å². The molecule has 17 heteroatoms. The van der Waals surface area contributed by atoms with Crippen molar-refractivity contribution in [3.05, 3.63) is 0 Å². The van der Waals surface area contributed by atoms with Gasteiger partial charge in [-0.3, -0.25) is 38.7 Å². The molecule has 652 valence electrons. The first-order valence-corrected chi connectivity index (χ1v) is 45.3. The SMILES string of the molecule is CC1CCC(COC(=O)C2CC(C)(C)N(C)C2(C)C)CC1.CC1CCC(COC(=O)C2CC(C)(C)NC2(C)C)CC1.CC1CCC(NC(=O)C2CC(C)(C)NC2(C)C)CC1.CC1CCC(OC(=O)C2CC(C)(C)N(C)C2(C)C)CC1.CC1CCC(OCC2CC(C)(C)NC2(C)C)CC1.COC(=O)C1CC(C)(C)N(C)C1(C)C. The average molecular weight is 1580 g/mol. The number of methoxy groups -OCH3 is 1. The lowest BCUT2D eigenvalue weighted by molar-refractivity contribution is -0.158. The summed E-state index contributed by atoms with van der Waals surface area (Å²) < 4.78 is 28.2. The molecule has 11 aliphatic rings. The number of nitrogens with one attached hydrogen (secondary N) is 4. The van der Waals surface area contributed by atoms with Gasteiger partial charge in [-0.2, -0.15) is 0 Å². The van der Waals surface area contributed by atoms with Gasteiger partial charge in [0.15, 0.2) is 0 Å². The Morgan fingerprint density at radius 1 is 0.339 bits per heavy atom. The normalized spacial score (nSPS) is 35.9. The van der Waals surface area contributed by atoms with Crippen LogP contribution in [0.5, 0.6) is 0 Å². The first-order valence-electron chi connectivity index (χ1n) is 45.3. The minimum atomic E-state index is -0.165. The smallest absolute Gasteiger partial charge is 0.311 e. The first kappa shape index (κ1) is 97.9. The standard InChI is InChI=1S/C18H33NO2.2C17H31NO2.C16H30N2O.C16H31NO.C11H21NO2/c1-13-7-9-14(10-8-13)12-21-16(20)15-11-17(2,3)19(6)18(15,4)5;1-12-7-9-13(10-8-12)20-15(19)14-11-16(2,3)18(6)17(14,4)5;1-12-6-8-13(9-7-12)11-20-15(19)14-10-16(2,3)18-17(14,4)5;1-11-6-8-12(9-7-11)17-14(19)13-10-15(2,3)18-16(13,4)5;1-12-6-8-14(9-7-12)18-11-13-10-15(2,3)17-16(13,4)5;1-10(2)7-8(9(13)14-6)11(3,4)12(10)5/h13-15H,7-12H2,1-6H3;12-14H,7-11H2,1-6H3;12-14,18H,6-11H2,1-5H3;11-13,18H,6-10H2,1-5H3,(H,17,19);12-14,17H,6-11H2,1-5H3;8H,7H2,1-6H3. The van der Waals surface area contributed by atoms with E-state index < -0.39 is 0 Å². The zero-order chi connectivity index (χ0) is 84.7. The zero-order valence-corrected chi connectivity index (χ0v) is 78.7. The number of carbonyl (C=O) groups is 5. The lowest BCUT2D eigenvalue weighted by Gasteiger charge is -2.38. The van der Waals surface area contributed by atoms with E-state index in [2.05, 4.69) is 258 Å². The van der Waals surface area contributed by atoms with Crippen LogP contribution in [0.3, 0.4) is 0 Å². The van der Waals surface area contributed by atoms with Gasteiger partial charge >= 0.3 is 23.9 Å². The summed E-state index contributed by atoms with van der Waals surface area (Å²) in [6, 6.07) is 0.406. The summed E-state index contributed by atoms with van der Waals surface area (Å²) in [5.74, 6) is 6.23. The molecule has 6 atom stereocenters. The Hall–Kier alpha value is -2.93. The third-order valence-electron chi connectivity index (χ3n) is 30.9. The van der Waals surface area contributed by atoms with Gasteiger partial charge in [-0.1, -0.05) is 60.3 Å². The highest BCUT2D eigenvalue weighted by Crippen LogP contribution is 2.48. The number of rotatable bonds is 14.